The predicted octanol–water partition coefficient (Wildman–Crippen LogP) is 6.47. The third kappa shape index (κ3) is 43.8. The van der Waals surface area contributed by atoms with Crippen molar-refractivity contribution in [1.82, 2.24) is 0 Å². The van der Waals surface area contributed by atoms with Crippen molar-refractivity contribution in [3.8, 4) is 0 Å². The maximum Gasteiger partial charge on any atom is 0 e. The van der Waals surface area contributed by atoms with Crippen LogP contribution in [-0.2, 0) is 117 Å². The molecule has 0 saturated carbocycles. The summed E-state index contributed by atoms with van der Waals surface area (Å²) in [7, 11) is 0. The van der Waals surface area contributed by atoms with Gasteiger partial charge in [0, 0.05) is 117 Å². The maximum atomic E-state index is 2.29. The summed E-state index contributed by atoms with van der Waals surface area (Å²) in [6, 6.07) is 0. The van der Waals surface area contributed by atoms with E-state index in [0.717, 1.165) is 0 Å². The molecule has 0 aromatic carbocycles. The molecule has 0 atom stereocenters. The fourth-order valence-corrected chi connectivity index (χ4v) is 2.27. The summed E-state index contributed by atoms with van der Waals surface area (Å²) in [5.74, 6) is 0. The molecule has 0 aromatic rings. The van der Waals surface area contributed by atoms with E-state index in [2.05, 4.69) is 13.8 Å². The Bertz CT molecular complexity index is 111. The second-order valence-electron chi connectivity index (χ2n) is 5.24. The maximum absolute atomic E-state index is 2.29. The van der Waals surface area contributed by atoms with Gasteiger partial charge in [0.05, 0.1) is 0 Å². The van der Waals surface area contributed by atoms with Crippen molar-refractivity contribution >= 4 is 0 Å². The Morgan fingerprint density at radius 3 is 0.545 bits per heavy atom. The first-order valence-corrected chi connectivity index (χ1v) is 7.91. The first-order valence-electron chi connectivity index (χ1n) is 7.91. The Hall–Kier alpha value is 3.74. The van der Waals surface area contributed by atoms with Gasteiger partial charge in [-0.1, -0.05) is 104 Å². The van der Waals surface area contributed by atoms with Gasteiger partial charge >= 0.3 is 0 Å². The summed E-state index contributed by atoms with van der Waals surface area (Å²) in [6.45, 7) is 4.58. The molecule has 0 fully saturated rings. The molecule has 0 bridgehead atoms. The van der Waals surface area contributed by atoms with Gasteiger partial charge in [-0.05, 0) is 0 Å². The average Bonchev–Trinajstić information content (AvgIpc) is 2.31. The zero-order chi connectivity index (χ0) is 11.9. The van der Waals surface area contributed by atoms with Gasteiger partial charge in [-0.15, -0.1) is 0 Å². The number of unbranched alkanes of at least 4 members (excludes halogenated alkanes) is 13. The normalized spacial score (nSPS) is 7.91. The molecule has 0 spiro atoms. The first kappa shape index (κ1) is 44.9. The van der Waals surface area contributed by atoms with Crippen molar-refractivity contribution in [2.45, 2.75) is 104 Å². The third-order valence-electron chi connectivity index (χ3n) is 3.46. The molecule has 0 N–H and O–H groups in total. The van der Waals surface area contributed by atoms with Crippen LogP contribution in [0.2, 0.25) is 0 Å². The van der Waals surface area contributed by atoms with Crippen molar-refractivity contribution in [3.05, 3.63) is 0 Å². The van der Waals surface area contributed by atoms with Crippen LogP contribution >= 0.6 is 0 Å². The third-order valence-corrected chi connectivity index (χ3v) is 3.46. The van der Waals surface area contributed by atoms with Crippen LogP contribution in [0.5, 0.6) is 0 Å². The van der Waals surface area contributed by atoms with Crippen LogP contribution in [0.25, 0.3) is 0 Å². The molecule has 22 heavy (non-hydrogen) atoms. The van der Waals surface area contributed by atoms with Crippen molar-refractivity contribution in [2.75, 3.05) is 0 Å². The molecule has 0 amide bonds. The Balaban J connectivity index is -0.0000000750. The van der Waals surface area contributed by atoms with E-state index in [-0.39, 0.29) is 117 Å². The smallest absolute Gasteiger partial charge is 0 e. The zero-order valence-electron chi connectivity index (χ0n) is 13.9. The number of hydrogen-bond acceptors (Lipinski definition) is 0. The summed E-state index contributed by atoms with van der Waals surface area (Å²) in [4.78, 5) is 0. The second-order valence-corrected chi connectivity index (χ2v) is 5.24. The van der Waals surface area contributed by atoms with Gasteiger partial charge in [0.1, 0.15) is 0 Å². The molecule has 6 radical (unpaired) electrons. The van der Waals surface area contributed by atoms with E-state index in [9.17, 15) is 0 Å². The van der Waals surface area contributed by atoms with Crippen LogP contribution in [0.4, 0.5) is 0 Å². The van der Waals surface area contributed by atoms with Gasteiger partial charge in [-0.3, -0.25) is 0 Å². The molecule has 0 aliphatic heterocycles. The number of hydrogen-bond donors (Lipinski definition) is 0. The molecule has 0 rings (SSSR count). The monoisotopic (exact) mass is 844 g/mol. The topological polar surface area (TPSA) is 0 Å². The Morgan fingerprint density at radius 1 is 0.273 bits per heavy atom. The van der Waals surface area contributed by atoms with Crippen LogP contribution in [-0.4, -0.2) is 0 Å². The Kier molecular flexibility index (Phi) is 90.3. The van der Waals surface area contributed by atoms with E-state index in [1.54, 1.807) is 0 Å². The van der Waals surface area contributed by atoms with Gasteiger partial charge in [0.25, 0.3) is 0 Å². The van der Waals surface area contributed by atoms with Crippen LogP contribution in [0, 0.1) is 0 Å². The molecule has 0 aliphatic rings. The molecule has 0 nitrogen and oxygen atoms in total. The average molecular weight is 844 g/mol. The van der Waals surface area contributed by atoms with Crippen molar-refractivity contribution in [3.63, 3.8) is 0 Å². The molecule has 6 heteroatoms. The summed E-state index contributed by atoms with van der Waals surface area (Å²) < 4.78 is 0. The largest absolute Gasteiger partial charge is 0.0654 e. The zero-order valence-corrected chi connectivity index (χ0v) is 23.7. The fourth-order valence-electron chi connectivity index (χ4n) is 2.27. The van der Waals surface area contributed by atoms with Gasteiger partial charge in [-0.25, -0.2) is 0 Å². The van der Waals surface area contributed by atoms with Gasteiger partial charge in [-0.2, -0.15) is 0 Å². The van der Waals surface area contributed by atoms with Crippen molar-refractivity contribution in [2.24, 2.45) is 0 Å². The summed E-state index contributed by atoms with van der Waals surface area (Å²) in [5, 5.41) is 0. The number of rotatable bonds is 13. The predicted molar refractivity (Wildman–Crippen MR) is 76.0 cm³/mol. The molecular weight excluding hydrogens is 810 g/mol. The van der Waals surface area contributed by atoms with E-state index < -0.39 is 0 Å². The first-order chi connectivity index (χ1) is 7.91. The van der Waals surface area contributed by atoms with Crippen LogP contribution in [0.1, 0.15) is 104 Å². The van der Waals surface area contributed by atoms with Crippen molar-refractivity contribution < 1.29 is 117 Å². The molecular formula is C16H34Rh6. The van der Waals surface area contributed by atoms with E-state index in [0.29, 0.717) is 0 Å². The SMILES string of the molecule is CCCCCCCCCCCCCCCC.[Rh].[Rh].[Rh].[Rh].[Rh].[Rh]. The standard InChI is InChI=1S/C16H34.6Rh/c1-3-5-7-9-11-13-15-16-14-12-10-8-6-4-2;;;;;;/h3-16H2,1-2H3;;;;;;. The van der Waals surface area contributed by atoms with Crippen LogP contribution in [0.15, 0.2) is 0 Å². The summed E-state index contributed by atoms with van der Waals surface area (Å²) in [5.41, 5.74) is 0. The van der Waals surface area contributed by atoms with Crippen molar-refractivity contribution in [1.29, 1.82) is 0 Å². The fraction of sp³-hybridized carbons (Fsp3) is 1.00. The molecule has 0 unspecified atom stereocenters. The quantitative estimate of drug-likeness (QED) is 0.148. The van der Waals surface area contributed by atoms with Crippen LogP contribution in [0.3, 0.4) is 0 Å². The second kappa shape index (κ2) is 44.3. The van der Waals surface area contributed by atoms with E-state index in [4.69, 9.17) is 0 Å². The van der Waals surface area contributed by atoms with E-state index >= 15 is 0 Å². The minimum absolute atomic E-state index is 0. The van der Waals surface area contributed by atoms with E-state index in [1.807, 2.05) is 0 Å². The summed E-state index contributed by atoms with van der Waals surface area (Å²) in [6.07, 6.45) is 20.4. The molecule has 0 aliphatic carbocycles. The van der Waals surface area contributed by atoms with Crippen LogP contribution < -0.4 is 0 Å². The molecule has 0 heterocycles. The molecule has 0 aromatic heterocycles. The van der Waals surface area contributed by atoms with E-state index in [1.165, 1.54) is 89.9 Å². The van der Waals surface area contributed by atoms with Gasteiger partial charge in [0.2, 0.25) is 0 Å². The van der Waals surface area contributed by atoms with Gasteiger partial charge < -0.3 is 0 Å². The molecule has 152 valence electrons. The minimum Gasteiger partial charge on any atom is -0.0654 e. The minimum atomic E-state index is 0. The molecule has 0 saturated heterocycles. The Labute approximate surface area is 218 Å². The van der Waals surface area contributed by atoms with Gasteiger partial charge in [0.15, 0.2) is 0 Å². The Morgan fingerprint density at radius 2 is 0.409 bits per heavy atom. The summed E-state index contributed by atoms with van der Waals surface area (Å²) >= 11 is 0.